The monoisotopic (exact) mass is 270 g/mol. The van der Waals surface area contributed by atoms with Gasteiger partial charge in [-0.15, -0.1) is 0 Å². The first-order valence-corrected chi connectivity index (χ1v) is 8.00. The standard InChI is InChI=1S/C16H34N2O/c1-14(2)11-17-12-16(3,4)13-18(9-6-10-19)15-7-5-8-15/h14-15,17,19H,5-13H2,1-4H3. The smallest absolute Gasteiger partial charge is 0.0443 e. The number of hydrogen-bond acceptors (Lipinski definition) is 3. The lowest BCUT2D eigenvalue weighted by Crippen LogP contribution is -2.48. The molecule has 1 aliphatic rings. The summed E-state index contributed by atoms with van der Waals surface area (Å²) in [5.41, 5.74) is 0.305. The van der Waals surface area contributed by atoms with Crippen molar-refractivity contribution in [2.45, 2.75) is 59.4 Å². The van der Waals surface area contributed by atoms with Gasteiger partial charge in [-0.3, -0.25) is 4.90 Å². The molecule has 0 aromatic carbocycles. The van der Waals surface area contributed by atoms with Crippen molar-refractivity contribution >= 4 is 0 Å². The van der Waals surface area contributed by atoms with E-state index in [9.17, 15) is 0 Å². The van der Waals surface area contributed by atoms with Gasteiger partial charge in [0.1, 0.15) is 0 Å². The average molecular weight is 270 g/mol. The molecule has 0 spiro atoms. The molecule has 0 heterocycles. The summed E-state index contributed by atoms with van der Waals surface area (Å²) in [4.78, 5) is 2.61. The molecule has 0 radical (unpaired) electrons. The normalized spacial score (nSPS) is 17.2. The van der Waals surface area contributed by atoms with Gasteiger partial charge in [0.2, 0.25) is 0 Å². The molecule has 2 N–H and O–H groups in total. The van der Waals surface area contributed by atoms with Gasteiger partial charge in [0, 0.05) is 32.3 Å². The molecule has 1 saturated carbocycles. The van der Waals surface area contributed by atoms with E-state index in [2.05, 4.69) is 37.9 Å². The minimum absolute atomic E-state index is 0.305. The summed E-state index contributed by atoms with van der Waals surface area (Å²) in [6.07, 6.45) is 4.99. The first-order chi connectivity index (χ1) is 8.94. The van der Waals surface area contributed by atoms with E-state index in [1.807, 2.05) is 0 Å². The molecular formula is C16H34N2O. The summed E-state index contributed by atoms with van der Waals surface area (Å²) in [5.74, 6) is 0.716. The van der Waals surface area contributed by atoms with E-state index in [0.29, 0.717) is 17.9 Å². The highest BCUT2D eigenvalue weighted by atomic mass is 16.3. The molecule has 19 heavy (non-hydrogen) atoms. The van der Waals surface area contributed by atoms with Gasteiger partial charge >= 0.3 is 0 Å². The van der Waals surface area contributed by atoms with Crippen molar-refractivity contribution in [1.82, 2.24) is 10.2 Å². The van der Waals surface area contributed by atoms with E-state index < -0.39 is 0 Å². The van der Waals surface area contributed by atoms with Crippen LogP contribution in [0.5, 0.6) is 0 Å². The predicted molar refractivity (Wildman–Crippen MR) is 82.4 cm³/mol. The summed E-state index contributed by atoms with van der Waals surface area (Å²) < 4.78 is 0. The van der Waals surface area contributed by atoms with Crippen molar-refractivity contribution in [2.75, 3.05) is 32.8 Å². The van der Waals surface area contributed by atoms with Crippen molar-refractivity contribution in [2.24, 2.45) is 11.3 Å². The second-order valence-electron chi connectivity index (χ2n) is 7.32. The Morgan fingerprint density at radius 2 is 2.00 bits per heavy atom. The largest absolute Gasteiger partial charge is 0.396 e. The van der Waals surface area contributed by atoms with E-state index in [1.165, 1.54) is 19.3 Å². The molecule has 0 amide bonds. The summed E-state index contributed by atoms with van der Waals surface area (Å²) in [7, 11) is 0. The molecule has 0 aromatic rings. The summed E-state index contributed by atoms with van der Waals surface area (Å²) >= 11 is 0. The maximum atomic E-state index is 9.05. The predicted octanol–water partition coefficient (Wildman–Crippen LogP) is 2.50. The van der Waals surface area contributed by atoms with Crippen LogP contribution in [0.15, 0.2) is 0 Å². The number of aliphatic hydroxyl groups is 1. The Balaban J connectivity index is 2.36. The molecular weight excluding hydrogens is 236 g/mol. The van der Waals surface area contributed by atoms with E-state index in [4.69, 9.17) is 5.11 Å². The molecule has 3 nitrogen and oxygen atoms in total. The molecule has 0 saturated heterocycles. The van der Waals surface area contributed by atoms with Crippen LogP contribution in [0.25, 0.3) is 0 Å². The lowest BCUT2D eigenvalue weighted by molar-refractivity contribution is 0.0746. The Labute approximate surface area is 119 Å². The maximum Gasteiger partial charge on any atom is 0.0443 e. The van der Waals surface area contributed by atoms with Gasteiger partial charge in [-0.25, -0.2) is 0 Å². The minimum atomic E-state index is 0.305. The van der Waals surface area contributed by atoms with Crippen molar-refractivity contribution in [3.8, 4) is 0 Å². The van der Waals surface area contributed by atoms with Gasteiger partial charge in [-0.2, -0.15) is 0 Å². The molecule has 0 atom stereocenters. The average Bonchev–Trinajstić information content (AvgIpc) is 2.22. The highest BCUT2D eigenvalue weighted by Gasteiger charge is 2.29. The highest BCUT2D eigenvalue weighted by Crippen LogP contribution is 2.28. The van der Waals surface area contributed by atoms with Crippen LogP contribution in [0.3, 0.4) is 0 Å². The van der Waals surface area contributed by atoms with E-state index in [1.54, 1.807) is 0 Å². The fraction of sp³-hybridized carbons (Fsp3) is 1.00. The Morgan fingerprint density at radius 1 is 1.32 bits per heavy atom. The number of nitrogens with one attached hydrogen (secondary N) is 1. The zero-order valence-corrected chi connectivity index (χ0v) is 13.4. The van der Waals surface area contributed by atoms with Crippen LogP contribution in [0.4, 0.5) is 0 Å². The quantitative estimate of drug-likeness (QED) is 0.640. The third-order valence-electron chi connectivity index (χ3n) is 3.98. The number of aliphatic hydroxyl groups excluding tert-OH is 1. The third kappa shape index (κ3) is 6.73. The zero-order valence-electron chi connectivity index (χ0n) is 13.4. The van der Waals surface area contributed by atoms with Gasteiger partial charge in [-0.1, -0.05) is 34.1 Å². The fourth-order valence-electron chi connectivity index (χ4n) is 2.72. The summed E-state index contributed by atoms with van der Waals surface area (Å²) in [5, 5.41) is 12.6. The van der Waals surface area contributed by atoms with Gasteiger partial charge in [-0.05, 0) is 37.1 Å². The maximum absolute atomic E-state index is 9.05. The van der Waals surface area contributed by atoms with Crippen molar-refractivity contribution < 1.29 is 5.11 Å². The first-order valence-electron chi connectivity index (χ1n) is 8.00. The Hall–Kier alpha value is -0.120. The van der Waals surface area contributed by atoms with Gasteiger partial charge < -0.3 is 10.4 Å². The second-order valence-corrected chi connectivity index (χ2v) is 7.32. The van der Waals surface area contributed by atoms with Crippen molar-refractivity contribution in [3.05, 3.63) is 0 Å². The van der Waals surface area contributed by atoms with E-state index in [0.717, 1.165) is 38.6 Å². The molecule has 0 bridgehead atoms. The summed E-state index contributed by atoms with van der Waals surface area (Å²) in [6, 6.07) is 0.774. The Morgan fingerprint density at radius 3 is 2.47 bits per heavy atom. The van der Waals surface area contributed by atoms with Crippen LogP contribution in [0.1, 0.15) is 53.4 Å². The molecule has 3 heteroatoms. The molecule has 1 rings (SSSR count). The molecule has 0 unspecified atom stereocenters. The van der Waals surface area contributed by atoms with Gasteiger partial charge in [0.15, 0.2) is 0 Å². The third-order valence-corrected chi connectivity index (χ3v) is 3.98. The SMILES string of the molecule is CC(C)CNCC(C)(C)CN(CCCO)C1CCC1. The topological polar surface area (TPSA) is 35.5 Å². The molecule has 114 valence electrons. The van der Waals surface area contributed by atoms with E-state index in [-0.39, 0.29) is 0 Å². The van der Waals surface area contributed by atoms with Crippen molar-refractivity contribution in [3.63, 3.8) is 0 Å². The highest BCUT2D eigenvalue weighted by molar-refractivity contribution is 4.85. The van der Waals surface area contributed by atoms with Crippen LogP contribution in [-0.4, -0.2) is 48.8 Å². The Bertz CT molecular complexity index is 237. The van der Waals surface area contributed by atoms with Crippen molar-refractivity contribution in [1.29, 1.82) is 0 Å². The lowest BCUT2D eigenvalue weighted by atomic mass is 9.87. The number of rotatable bonds is 10. The van der Waals surface area contributed by atoms with Crippen LogP contribution < -0.4 is 5.32 Å². The molecule has 1 aliphatic carbocycles. The fourth-order valence-corrected chi connectivity index (χ4v) is 2.72. The summed E-state index contributed by atoms with van der Waals surface area (Å²) in [6.45, 7) is 13.9. The van der Waals surface area contributed by atoms with Gasteiger partial charge in [0.25, 0.3) is 0 Å². The van der Waals surface area contributed by atoms with Crippen LogP contribution in [-0.2, 0) is 0 Å². The van der Waals surface area contributed by atoms with Crippen LogP contribution >= 0.6 is 0 Å². The zero-order chi connectivity index (χ0) is 14.3. The lowest BCUT2D eigenvalue weighted by Gasteiger charge is -2.42. The first kappa shape index (κ1) is 16.9. The molecule has 0 aliphatic heterocycles. The Kier molecular flexibility index (Phi) is 7.33. The minimum Gasteiger partial charge on any atom is -0.396 e. The number of nitrogens with zero attached hydrogens (tertiary/aromatic N) is 1. The van der Waals surface area contributed by atoms with E-state index >= 15 is 0 Å². The number of hydrogen-bond donors (Lipinski definition) is 2. The molecule has 0 aromatic heterocycles. The van der Waals surface area contributed by atoms with Crippen LogP contribution in [0.2, 0.25) is 0 Å². The molecule has 1 fully saturated rings. The van der Waals surface area contributed by atoms with Crippen LogP contribution in [0, 0.1) is 11.3 Å². The van der Waals surface area contributed by atoms with Gasteiger partial charge in [0.05, 0.1) is 0 Å². The second kappa shape index (κ2) is 8.23.